The Morgan fingerprint density at radius 1 is 1.32 bits per heavy atom. The maximum Gasteiger partial charge on any atom is 0.330 e. The van der Waals surface area contributed by atoms with Crippen LogP contribution in [0, 0.1) is 0 Å². The van der Waals surface area contributed by atoms with Crippen molar-refractivity contribution in [2.24, 2.45) is 12.1 Å². The molecular formula is C17H18N4O4. The Balaban J connectivity index is 2.10. The van der Waals surface area contributed by atoms with E-state index in [0.717, 1.165) is 10.1 Å². The highest BCUT2D eigenvalue weighted by atomic mass is 16.3. The highest BCUT2D eigenvalue weighted by molar-refractivity contribution is 6.04. The summed E-state index contributed by atoms with van der Waals surface area (Å²) in [6.07, 6.45) is 0.528. The summed E-state index contributed by atoms with van der Waals surface area (Å²) in [6, 6.07) is 8.99. The molecule has 0 fully saturated rings. The number of amides is 1. The second kappa shape index (κ2) is 6.39. The van der Waals surface area contributed by atoms with Crippen LogP contribution in [0.1, 0.15) is 36.9 Å². The largest absolute Gasteiger partial charge is 0.494 e. The average Bonchev–Trinajstić information content (AvgIpc) is 3.05. The number of carbonyl (C=O) groups excluding carboxylic acids is 1. The number of nitrogens with one attached hydrogen (secondary N) is 1. The van der Waals surface area contributed by atoms with Gasteiger partial charge in [0.25, 0.3) is 5.56 Å². The van der Waals surface area contributed by atoms with Crippen LogP contribution in [-0.4, -0.2) is 31.3 Å². The Morgan fingerprint density at radius 2 is 2.00 bits per heavy atom. The first kappa shape index (κ1) is 16.7. The van der Waals surface area contributed by atoms with Crippen LogP contribution in [0.4, 0.5) is 0 Å². The molecule has 130 valence electrons. The van der Waals surface area contributed by atoms with Crippen molar-refractivity contribution in [3.8, 4) is 5.88 Å². The standard InChI is InChI=1S/C17H18N4O4/c1-3-13(22)21-12(10-7-5-4-6-8-10)9-11(19-21)14-15(23)18-17(25)20(2)16(14)24/h4-8,12,24H,3,9H2,1-2H3,(H,18,23,25)/t12-/m0/s1. The van der Waals surface area contributed by atoms with Gasteiger partial charge >= 0.3 is 5.69 Å². The molecule has 8 nitrogen and oxygen atoms in total. The van der Waals surface area contributed by atoms with Crippen LogP contribution in [0.5, 0.6) is 5.88 Å². The lowest BCUT2D eigenvalue weighted by atomic mass is 9.99. The number of benzene rings is 1. The molecule has 0 spiro atoms. The number of nitrogens with zero attached hydrogens (tertiary/aromatic N) is 3. The minimum atomic E-state index is -0.725. The summed E-state index contributed by atoms with van der Waals surface area (Å²) < 4.78 is 0.932. The number of hydrazone groups is 1. The number of hydrogen-bond acceptors (Lipinski definition) is 5. The molecule has 1 atom stereocenters. The lowest BCUT2D eigenvalue weighted by molar-refractivity contribution is -0.132. The van der Waals surface area contributed by atoms with Crippen molar-refractivity contribution in [1.82, 2.24) is 14.6 Å². The molecule has 25 heavy (non-hydrogen) atoms. The van der Waals surface area contributed by atoms with Crippen molar-refractivity contribution in [1.29, 1.82) is 0 Å². The third kappa shape index (κ3) is 2.86. The van der Waals surface area contributed by atoms with E-state index < -0.39 is 17.1 Å². The van der Waals surface area contributed by atoms with Gasteiger partial charge in [0, 0.05) is 19.9 Å². The molecule has 1 aromatic carbocycles. The maximum atomic E-state index is 12.3. The van der Waals surface area contributed by atoms with Gasteiger partial charge in [0.05, 0.1) is 11.8 Å². The van der Waals surface area contributed by atoms with E-state index in [1.807, 2.05) is 30.3 Å². The number of hydrogen-bond donors (Lipinski definition) is 2. The molecule has 2 heterocycles. The molecule has 8 heteroatoms. The number of aromatic nitrogens is 2. The summed E-state index contributed by atoms with van der Waals surface area (Å²) in [5.41, 5.74) is -0.383. The molecule has 0 saturated heterocycles. The number of H-pyrrole nitrogens is 1. The fourth-order valence-electron chi connectivity index (χ4n) is 2.86. The van der Waals surface area contributed by atoms with Crippen LogP contribution in [0.15, 0.2) is 45.0 Å². The minimum Gasteiger partial charge on any atom is -0.494 e. The number of aromatic amines is 1. The zero-order valence-corrected chi connectivity index (χ0v) is 13.9. The average molecular weight is 342 g/mol. The summed E-state index contributed by atoms with van der Waals surface area (Å²) in [5, 5.41) is 15.8. The Bertz CT molecular complexity index is 959. The monoisotopic (exact) mass is 342 g/mol. The van der Waals surface area contributed by atoms with E-state index in [9.17, 15) is 19.5 Å². The van der Waals surface area contributed by atoms with Crippen LogP contribution in [0.2, 0.25) is 0 Å². The smallest absolute Gasteiger partial charge is 0.330 e. The number of carbonyl (C=O) groups is 1. The molecule has 1 aliphatic heterocycles. The van der Waals surface area contributed by atoms with E-state index in [-0.39, 0.29) is 36.1 Å². The molecule has 0 saturated carbocycles. The zero-order chi connectivity index (χ0) is 18.1. The second-order valence-electron chi connectivity index (χ2n) is 5.79. The van der Waals surface area contributed by atoms with E-state index in [1.165, 1.54) is 12.1 Å². The molecule has 1 amide bonds. The third-order valence-corrected chi connectivity index (χ3v) is 4.23. The van der Waals surface area contributed by atoms with Gasteiger partial charge in [-0.1, -0.05) is 37.3 Å². The van der Waals surface area contributed by atoms with Gasteiger partial charge in [-0.05, 0) is 5.56 Å². The minimum absolute atomic E-state index is 0.0885. The van der Waals surface area contributed by atoms with Gasteiger partial charge in [-0.2, -0.15) is 5.10 Å². The van der Waals surface area contributed by atoms with Crippen LogP contribution in [0.3, 0.4) is 0 Å². The van der Waals surface area contributed by atoms with Gasteiger partial charge in [-0.25, -0.2) is 9.80 Å². The van der Waals surface area contributed by atoms with E-state index in [1.54, 1.807) is 6.92 Å². The Kier molecular flexibility index (Phi) is 4.26. The highest BCUT2D eigenvalue weighted by Crippen LogP contribution is 2.33. The van der Waals surface area contributed by atoms with Crippen LogP contribution < -0.4 is 11.2 Å². The molecule has 2 aromatic rings. The fraction of sp³-hybridized carbons (Fsp3) is 0.294. The van der Waals surface area contributed by atoms with Gasteiger partial charge in [-0.3, -0.25) is 19.1 Å². The summed E-state index contributed by atoms with van der Waals surface area (Å²) in [7, 11) is 1.34. The summed E-state index contributed by atoms with van der Waals surface area (Å²) in [4.78, 5) is 38.2. The zero-order valence-electron chi connectivity index (χ0n) is 13.9. The topological polar surface area (TPSA) is 108 Å². The molecule has 0 aliphatic carbocycles. The van der Waals surface area contributed by atoms with Crippen molar-refractivity contribution >= 4 is 11.6 Å². The van der Waals surface area contributed by atoms with Crippen molar-refractivity contribution < 1.29 is 9.90 Å². The van der Waals surface area contributed by atoms with Gasteiger partial charge in [0.1, 0.15) is 5.56 Å². The van der Waals surface area contributed by atoms with E-state index in [0.29, 0.717) is 0 Å². The maximum absolute atomic E-state index is 12.3. The first-order valence-electron chi connectivity index (χ1n) is 7.91. The molecule has 0 bridgehead atoms. The van der Waals surface area contributed by atoms with Gasteiger partial charge in [0.2, 0.25) is 11.8 Å². The van der Waals surface area contributed by atoms with Crippen LogP contribution >= 0.6 is 0 Å². The van der Waals surface area contributed by atoms with Crippen molar-refractivity contribution in [2.45, 2.75) is 25.8 Å². The van der Waals surface area contributed by atoms with Crippen molar-refractivity contribution in [3.63, 3.8) is 0 Å². The predicted octanol–water partition coefficient (Wildman–Crippen LogP) is 0.867. The van der Waals surface area contributed by atoms with Crippen molar-refractivity contribution in [2.75, 3.05) is 0 Å². The number of aromatic hydroxyl groups is 1. The van der Waals surface area contributed by atoms with Crippen LogP contribution in [-0.2, 0) is 11.8 Å². The molecule has 1 aliphatic rings. The number of rotatable bonds is 3. The molecule has 0 radical (unpaired) electrons. The van der Waals surface area contributed by atoms with Crippen LogP contribution in [0.25, 0.3) is 0 Å². The summed E-state index contributed by atoms with van der Waals surface area (Å²) >= 11 is 0. The quantitative estimate of drug-likeness (QED) is 0.862. The Hall–Kier alpha value is -3.16. The van der Waals surface area contributed by atoms with E-state index in [2.05, 4.69) is 10.1 Å². The lowest BCUT2D eigenvalue weighted by Gasteiger charge is -2.21. The summed E-state index contributed by atoms with van der Waals surface area (Å²) in [5.74, 6) is -0.658. The van der Waals surface area contributed by atoms with Gasteiger partial charge in [-0.15, -0.1) is 0 Å². The van der Waals surface area contributed by atoms with Crippen molar-refractivity contribution in [3.05, 3.63) is 62.3 Å². The highest BCUT2D eigenvalue weighted by Gasteiger charge is 2.34. The lowest BCUT2D eigenvalue weighted by Crippen LogP contribution is -2.32. The first-order chi connectivity index (χ1) is 11.9. The summed E-state index contributed by atoms with van der Waals surface area (Å²) in [6.45, 7) is 1.73. The normalized spacial score (nSPS) is 16.8. The Labute approximate surface area is 143 Å². The van der Waals surface area contributed by atoms with Gasteiger partial charge < -0.3 is 5.11 Å². The second-order valence-corrected chi connectivity index (χ2v) is 5.79. The molecule has 0 unspecified atom stereocenters. The Morgan fingerprint density at radius 3 is 2.64 bits per heavy atom. The molecule has 2 N–H and O–H groups in total. The van der Waals surface area contributed by atoms with Gasteiger partial charge in [0.15, 0.2) is 0 Å². The third-order valence-electron chi connectivity index (χ3n) is 4.23. The molecule has 1 aromatic heterocycles. The SMILES string of the molecule is CCC(=O)N1N=C(c2c(O)n(C)c(=O)[nH]c2=O)C[C@H]1c1ccccc1. The van der Waals surface area contributed by atoms with E-state index >= 15 is 0 Å². The fourth-order valence-corrected chi connectivity index (χ4v) is 2.86. The molecule has 3 rings (SSSR count). The first-order valence-corrected chi connectivity index (χ1v) is 7.91. The van der Waals surface area contributed by atoms with E-state index in [4.69, 9.17) is 0 Å². The predicted molar refractivity (Wildman–Crippen MR) is 91.4 cm³/mol. The molecular weight excluding hydrogens is 324 g/mol.